The monoisotopic (exact) mass is 383 g/mol. The summed E-state index contributed by atoms with van der Waals surface area (Å²) >= 11 is 9.54. The van der Waals surface area contributed by atoms with Crippen molar-refractivity contribution >= 4 is 39.2 Å². The summed E-state index contributed by atoms with van der Waals surface area (Å²) in [5.74, 6) is -0.208. The smallest absolute Gasteiger partial charge is 0.335 e. The van der Waals surface area contributed by atoms with E-state index in [2.05, 4.69) is 21.2 Å². The molecule has 0 aliphatic heterocycles. The summed E-state index contributed by atoms with van der Waals surface area (Å²) in [7, 11) is 0. The molecule has 0 aliphatic rings. The normalized spacial score (nSPS) is 10.3. The van der Waals surface area contributed by atoms with Crippen LogP contribution in [0.1, 0.15) is 22.8 Å². The summed E-state index contributed by atoms with van der Waals surface area (Å²) in [6.45, 7) is 2.97. The van der Waals surface area contributed by atoms with Gasteiger partial charge in [0.2, 0.25) is 0 Å². The molecule has 0 amide bonds. The number of ether oxygens (including phenoxy) is 1. The van der Waals surface area contributed by atoms with E-state index in [0.29, 0.717) is 23.9 Å². The lowest BCUT2D eigenvalue weighted by molar-refractivity contribution is 0.0697. The van der Waals surface area contributed by atoms with E-state index in [9.17, 15) is 4.79 Å². The second-order valence-electron chi connectivity index (χ2n) is 4.54. The van der Waals surface area contributed by atoms with Crippen LogP contribution in [0.2, 0.25) is 5.02 Å². The van der Waals surface area contributed by atoms with E-state index in [0.717, 1.165) is 15.8 Å². The summed E-state index contributed by atoms with van der Waals surface area (Å²) < 4.78 is 6.53. The molecule has 0 heterocycles. The zero-order valence-electron chi connectivity index (χ0n) is 11.9. The minimum atomic E-state index is -0.989. The summed E-state index contributed by atoms with van der Waals surface area (Å²) in [5, 5.41) is 12.7. The fourth-order valence-corrected chi connectivity index (χ4v) is 2.56. The highest BCUT2D eigenvalue weighted by atomic mass is 79.9. The number of nitrogens with one attached hydrogen (secondary N) is 1. The van der Waals surface area contributed by atoms with Gasteiger partial charge in [-0.3, -0.25) is 0 Å². The minimum absolute atomic E-state index is 0.186. The first kappa shape index (κ1) is 16.6. The van der Waals surface area contributed by atoms with E-state index in [1.807, 2.05) is 25.1 Å². The fraction of sp³-hybridized carbons (Fsp3) is 0.188. The van der Waals surface area contributed by atoms with Gasteiger partial charge in [-0.25, -0.2) is 4.79 Å². The van der Waals surface area contributed by atoms with Crippen molar-refractivity contribution in [1.82, 2.24) is 0 Å². The van der Waals surface area contributed by atoms with Gasteiger partial charge >= 0.3 is 5.97 Å². The molecule has 0 saturated carbocycles. The van der Waals surface area contributed by atoms with Gasteiger partial charge in [-0.2, -0.15) is 0 Å². The lowest BCUT2D eigenvalue weighted by Gasteiger charge is -2.13. The molecule has 2 aromatic carbocycles. The van der Waals surface area contributed by atoms with Crippen molar-refractivity contribution in [2.75, 3.05) is 11.9 Å². The van der Waals surface area contributed by atoms with Gasteiger partial charge in [0.05, 0.1) is 22.9 Å². The number of anilines is 1. The molecule has 0 saturated heterocycles. The van der Waals surface area contributed by atoms with Crippen molar-refractivity contribution in [3.8, 4) is 5.75 Å². The predicted octanol–water partition coefficient (Wildman–Crippen LogP) is 4.81. The first-order valence-corrected chi connectivity index (χ1v) is 7.86. The maximum atomic E-state index is 11.0. The molecule has 0 fully saturated rings. The number of hydrogen-bond donors (Lipinski definition) is 2. The number of carboxylic acids is 1. The van der Waals surface area contributed by atoms with E-state index in [4.69, 9.17) is 21.4 Å². The van der Waals surface area contributed by atoms with Gasteiger partial charge in [-0.05, 0) is 43.3 Å². The Labute approximate surface area is 142 Å². The molecule has 6 heteroatoms. The molecule has 0 aromatic heterocycles. The Balaban J connectivity index is 2.21. The van der Waals surface area contributed by atoms with Gasteiger partial charge < -0.3 is 15.2 Å². The largest absolute Gasteiger partial charge is 0.494 e. The number of rotatable bonds is 6. The van der Waals surface area contributed by atoms with Crippen molar-refractivity contribution in [3.63, 3.8) is 0 Å². The number of hydrogen-bond acceptors (Lipinski definition) is 3. The average molecular weight is 385 g/mol. The highest BCUT2D eigenvalue weighted by molar-refractivity contribution is 9.10. The Bertz CT molecular complexity index is 691. The Morgan fingerprint density at radius 1 is 1.32 bits per heavy atom. The van der Waals surface area contributed by atoms with Crippen LogP contribution in [0.4, 0.5) is 5.69 Å². The molecule has 0 radical (unpaired) electrons. The SMILES string of the molecule is CCOc1ccc(Br)cc1CNc1cc(C(=O)O)ccc1Cl. The summed E-state index contributed by atoms with van der Waals surface area (Å²) in [5.41, 5.74) is 1.71. The highest BCUT2D eigenvalue weighted by Crippen LogP contribution is 2.27. The molecule has 0 bridgehead atoms. The van der Waals surface area contributed by atoms with Crippen LogP contribution in [-0.4, -0.2) is 17.7 Å². The lowest BCUT2D eigenvalue weighted by Crippen LogP contribution is -2.05. The van der Waals surface area contributed by atoms with Crippen molar-refractivity contribution in [1.29, 1.82) is 0 Å². The summed E-state index contributed by atoms with van der Waals surface area (Å²) in [6.07, 6.45) is 0. The third kappa shape index (κ3) is 4.15. The average Bonchev–Trinajstić information content (AvgIpc) is 2.48. The Kier molecular flexibility index (Phi) is 5.69. The zero-order chi connectivity index (χ0) is 16.1. The molecular weight excluding hydrogens is 370 g/mol. The van der Waals surface area contributed by atoms with Crippen LogP contribution >= 0.6 is 27.5 Å². The molecule has 2 aromatic rings. The molecular formula is C16H15BrClNO3. The topological polar surface area (TPSA) is 58.6 Å². The second kappa shape index (κ2) is 7.51. The minimum Gasteiger partial charge on any atom is -0.494 e. The van der Waals surface area contributed by atoms with Crippen molar-refractivity contribution < 1.29 is 14.6 Å². The molecule has 4 nitrogen and oxygen atoms in total. The standard InChI is InChI=1S/C16H15BrClNO3/c1-2-22-15-6-4-12(17)7-11(15)9-19-14-8-10(16(20)21)3-5-13(14)18/h3-8,19H,2,9H2,1H3,(H,20,21). The molecule has 2 rings (SSSR count). The predicted molar refractivity (Wildman–Crippen MR) is 91.0 cm³/mol. The van der Waals surface area contributed by atoms with Gasteiger partial charge in [0.15, 0.2) is 0 Å². The van der Waals surface area contributed by atoms with Gasteiger partial charge in [-0.1, -0.05) is 27.5 Å². The molecule has 22 heavy (non-hydrogen) atoms. The number of halogens is 2. The van der Waals surface area contributed by atoms with Crippen LogP contribution in [0.15, 0.2) is 40.9 Å². The first-order chi connectivity index (χ1) is 10.5. The van der Waals surface area contributed by atoms with E-state index in [1.165, 1.54) is 12.1 Å². The molecule has 0 aliphatic carbocycles. The Hall–Kier alpha value is -1.72. The molecule has 0 unspecified atom stereocenters. The third-order valence-corrected chi connectivity index (χ3v) is 3.83. The molecule has 0 atom stereocenters. The van der Waals surface area contributed by atoms with Crippen molar-refractivity contribution in [3.05, 3.63) is 57.0 Å². The number of carboxylic acid groups (broad SMARTS) is 1. The number of aromatic carboxylic acids is 1. The van der Waals surface area contributed by atoms with Crippen LogP contribution in [0, 0.1) is 0 Å². The van der Waals surface area contributed by atoms with Gasteiger partial charge in [-0.15, -0.1) is 0 Å². The lowest BCUT2D eigenvalue weighted by atomic mass is 10.1. The second-order valence-corrected chi connectivity index (χ2v) is 5.86. The van der Waals surface area contributed by atoms with E-state index < -0.39 is 5.97 Å². The van der Waals surface area contributed by atoms with E-state index >= 15 is 0 Å². The van der Waals surface area contributed by atoms with Crippen molar-refractivity contribution in [2.24, 2.45) is 0 Å². The van der Waals surface area contributed by atoms with Crippen LogP contribution in [-0.2, 0) is 6.54 Å². The third-order valence-electron chi connectivity index (χ3n) is 3.00. The maximum absolute atomic E-state index is 11.0. The number of carbonyl (C=O) groups is 1. The zero-order valence-corrected chi connectivity index (χ0v) is 14.2. The molecule has 2 N–H and O–H groups in total. The van der Waals surface area contributed by atoms with E-state index in [1.54, 1.807) is 6.07 Å². The maximum Gasteiger partial charge on any atom is 0.335 e. The first-order valence-electron chi connectivity index (χ1n) is 6.69. The van der Waals surface area contributed by atoms with Crippen molar-refractivity contribution in [2.45, 2.75) is 13.5 Å². The van der Waals surface area contributed by atoms with E-state index in [-0.39, 0.29) is 5.56 Å². The van der Waals surface area contributed by atoms with Crippen LogP contribution < -0.4 is 10.1 Å². The molecule has 116 valence electrons. The van der Waals surface area contributed by atoms with Crippen LogP contribution in [0.5, 0.6) is 5.75 Å². The summed E-state index contributed by atoms with van der Waals surface area (Å²) in [6, 6.07) is 10.3. The summed E-state index contributed by atoms with van der Waals surface area (Å²) in [4.78, 5) is 11.0. The fourth-order valence-electron chi connectivity index (χ4n) is 1.97. The highest BCUT2D eigenvalue weighted by Gasteiger charge is 2.09. The van der Waals surface area contributed by atoms with Gasteiger partial charge in [0.25, 0.3) is 0 Å². The van der Waals surface area contributed by atoms with Crippen LogP contribution in [0.3, 0.4) is 0 Å². The van der Waals surface area contributed by atoms with Gasteiger partial charge in [0.1, 0.15) is 5.75 Å². The number of benzene rings is 2. The van der Waals surface area contributed by atoms with Crippen LogP contribution in [0.25, 0.3) is 0 Å². The Morgan fingerprint density at radius 2 is 2.09 bits per heavy atom. The Morgan fingerprint density at radius 3 is 2.77 bits per heavy atom. The quantitative estimate of drug-likeness (QED) is 0.750. The molecule has 0 spiro atoms. The van der Waals surface area contributed by atoms with Gasteiger partial charge in [0, 0.05) is 16.6 Å².